The van der Waals surface area contributed by atoms with Crippen LogP contribution >= 0.6 is 0 Å². The number of pyridine rings is 1. The second-order valence-corrected chi connectivity index (χ2v) is 6.83. The van der Waals surface area contributed by atoms with Crippen LogP contribution in [0.4, 0.5) is 10.5 Å². The Morgan fingerprint density at radius 2 is 2.25 bits per heavy atom. The largest absolute Gasteiger partial charge is 0.472 e. The maximum absolute atomic E-state index is 12.1. The smallest absolute Gasteiger partial charge is 0.410 e. The minimum atomic E-state index is -0.533. The summed E-state index contributed by atoms with van der Waals surface area (Å²) < 4.78 is 10.9. The number of hydrogen-bond acceptors (Lipinski definition) is 6. The van der Waals surface area contributed by atoms with Gasteiger partial charge in [-0.25, -0.2) is 9.78 Å². The van der Waals surface area contributed by atoms with Gasteiger partial charge in [0.25, 0.3) is 5.88 Å². The van der Waals surface area contributed by atoms with E-state index >= 15 is 0 Å². The van der Waals surface area contributed by atoms with Crippen LogP contribution in [-0.4, -0.2) is 46.2 Å². The third-order valence-electron chi connectivity index (χ3n) is 3.57. The molecule has 0 spiro atoms. The highest BCUT2D eigenvalue weighted by molar-refractivity contribution is 5.68. The number of carbonyl (C=O) groups is 1. The van der Waals surface area contributed by atoms with E-state index < -0.39 is 10.5 Å². The molecule has 1 aliphatic heterocycles. The molecule has 0 radical (unpaired) electrons. The van der Waals surface area contributed by atoms with Gasteiger partial charge in [0, 0.05) is 31.3 Å². The number of amides is 1. The van der Waals surface area contributed by atoms with Crippen LogP contribution in [0, 0.1) is 16.0 Å². The number of nitrogens with zero attached hydrogens (tertiary/aromatic N) is 3. The average Bonchev–Trinajstić information content (AvgIpc) is 2.52. The summed E-state index contributed by atoms with van der Waals surface area (Å²) in [4.78, 5) is 28.2. The summed E-state index contributed by atoms with van der Waals surface area (Å²) in [5.74, 6) is 0.102. The van der Waals surface area contributed by atoms with Crippen LogP contribution < -0.4 is 4.74 Å². The molecule has 1 unspecified atom stereocenters. The zero-order chi connectivity index (χ0) is 17.7. The summed E-state index contributed by atoms with van der Waals surface area (Å²) in [7, 11) is 0. The molecule has 8 nitrogen and oxygen atoms in total. The molecule has 2 rings (SSSR count). The molecule has 1 aromatic rings. The molecule has 0 aliphatic carbocycles. The van der Waals surface area contributed by atoms with Crippen LogP contribution in [0.2, 0.25) is 0 Å². The van der Waals surface area contributed by atoms with Crippen molar-refractivity contribution in [1.29, 1.82) is 0 Å². The summed E-state index contributed by atoms with van der Waals surface area (Å²) in [6.45, 7) is 6.92. The van der Waals surface area contributed by atoms with Gasteiger partial charge in [0.1, 0.15) is 5.60 Å². The number of nitro groups is 1. The van der Waals surface area contributed by atoms with Crippen LogP contribution in [0.5, 0.6) is 5.88 Å². The fraction of sp³-hybridized carbons (Fsp3) is 0.625. The molecule has 1 saturated heterocycles. The Kier molecular flexibility index (Phi) is 5.58. The maximum atomic E-state index is 12.1. The van der Waals surface area contributed by atoms with E-state index in [1.165, 1.54) is 18.3 Å². The van der Waals surface area contributed by atoms with E-state index in [1.54, 1.807) is 4.90 Å². The Balaban J connectivity index is 1.92. The van der Waals surface area contributed by atoms with Crippen molar-refractivity contribution in [3.05, 3.63) is 28.4 Å². The molecule has 0 aromatic carbocycles. The summed E-state index contributed by atoms with van der Waals surface area (Å²) >= 11 is 0. The highest BCUT2D eigenvalue weighted by atomic mass is 16.6. The molecular weight excluding hydrogens is 314 g/mol. The quantitative estimate of drug-likeness (QED) is 0.619. The lowest BCUT2D eigenvalue weighted by molar-refractivity contribution is -0.386. The Hall–Kier alpha value is -2.38. The van der Waals surface area contributed by atoms with Crippen molar-refractivity contribution in [2.75, 3.05) is 19.7 Å². The molecule has 1 atom stereocenters. The standard InChI is InChI=1S/C16H23N3O5/c1-16(2,3)24-15(20)18-9-5-6-12(10-18)11-23-14-13(19(21)22)7-4-8-17-14/h4,7-8,12H,5-6,9-11H2,1-3H3. The molecule has 1 aromatic heterocycles. The minimum absolute atomic E-state index is 0.0110. The van der Waals surface area contributed by atoms with Crippen molar-refractivity contribution in [2.45, 2.75) is 39.2 Å². The van der Waals surface area contributed by atoms with Crippen LogP contribution in [0.15, 0.2) is 18.3 Å². The predicted octanol–water partition coefficient (Wildman–Crippen LogP) is 3.02. The lowest BCUT2D eigenvalue weighted by Crippen LogP contribution is -2.44. The van der Waals surface area contributed by atoms with Crippen molar-refractivity contribution in [2.24, 2.45) is 5.92 Å². The van der Waals surface area contributed by atoms with Gasteiger partial charge >= 0.3 is 11.8 Å². The lowest BCUT2D eigenvalue weighted by atomic mass is 9.99. The molecule has 0 N–H and O–H groups in total. The number of carbonyl (C=O) groups excluding carboxylic acids is 1. The van der Waals surface area contributed by atoms with Crippen molar-refractivity contribution >= 4 is 11.8 Å². The first kappa shape index (κ1) is 18.0. The van der Waals surface area contributed by atoms with Gasteiger partial charge in [-0.05, 0) is 39.7 Å². The van der Waals surface area contributed by atoms with Crippen LogP contribution in [0.25, 0.3) is 0 Å². The van der Waals surface area contributed by atoms with Crippen LogP contribution in [-0.2, 0) is 4.74 Å². The molecule has 1 aliphatic rings. The van der Waals surface area contributed by atoms with Crippen LogP contribution in [0.1, 0.15) is 33.6 Å². The van der Waals surface area contributed by atoms with Crippen LogP contribution in [0.3, 0.4) is 0 Å². The van der Waals surface area contributed by atoms with E-state index in [2.05, 4.69) is 4.98 Å². The van der Waals surface area contributed by atoms with Gasteiger partial charge in [0.05, 0.1) is 11.5 Å². The average molecular weight is 337 g/mol. The second kappa shape index (κ2) is 7.46. The van der Waals surface area contributed by atoms with Gasteiger partial charge in [-0.1, -0.05) is 0 Å². The van der Waals surface area contributed by atoms with Gasteiger partial charge in [0.2, 0.25) is 0 Å². The molecule has 0 bridgehead atoms. The van der Waals surface area contributed by atoms with E-state index in [-0.39, 0.29) is 30.2 Å². The predicted molar refractivity (Wildman–Crippen MR) is 86.9 cm³/mol. The molecule has 1 fully saturated rings. The van der Waals surface area contributed by atoms with Crippen molar-refractivity contribution in [1.82, 2.24) is 9.88 Å². The van der Waals surface area contributed by atoms with Gasteiger partial charge in [-0.3, -0.25) is 10.1 Å². The first-order valence-corrected chi connectivity index (χ1v) is 7.96. The van der Waals surface area contributed by atoms with Crippen molar-refractivity contribution < 1.29 is 19.2 Å². The van der Waals surface area contributed by atoms with Crippen molar-refractivity contribution in [3.63, 3.8) is 0 Å². The number of likely N-dealkylation sites (tertiary alicyclic amines) is 1. The summed E-state index contributed by atoms with van der Waals surface area (Å²) in [5.41, 5.74) is -0.688. The number of aromatic nitrogens is 1. The van der Waals surface area contributed by atoms with Gasteiger partial charge < -0.3 is 14.4 Å². The number of ether oxygens (including phenoxy) is 2. The highest BCUT2D eigenvalue weighted by Crippen LogP contribution is 2.25. The van der Waals surface area contributed by atoms with E-state index in [1.807, 2.05) is 20.8 Å². The van der Waals surface area contributed by atoms with E-state index in [0.29, 0.717) is 13.1 Å². The second-order valence-electron chi connectivity index (χ2n) is 6.83. The zero-order valence-corrected chi connectivity index (χ0v) is 14.2. The number of rotatable bonds is 4. The number of hydrogen-bond donors (Lipinski definition) is 0. The molecule has 2 heterocycles. The summed E-state index contributed by atoms with van der Waals surface area (Å²) in [6, 6.07) is 2.85. The summed E-state index contributed by atoms with van der Waals surface area (Å²) in [5, 5.41) is 11.0. The fourth-order valence-electron chi connectivity index (χ4n) is 2.52. The highest BCUT2D eigenvalue weighted by Gasteiger charge is 2.28. The summed E-state index contributed by atoms with van der Waals surface area (Å²) in [6.07, 6.45) is 2.85. The van der Waals surface area contributed by atoms with Gasteiger partial charge in [-0.2, -0.15) is 0 Å². The first-order chi connectivity index (χ1) is 11.3. The van der Waals surface area contributed by atoms with Gasteiger partial charge in [-0.15, -0.1) is 0 Å². The molecule has 1 amide bonds. The normalized spacial score (nSPS) is 18.1. The fourth-order valence-corrected chi connectivity index (χ4v) is 2.52. The Labute approximate surface area is 140 Å². The third-order valence-corrected chi connectivity index (χ3v) is 3.57. The molecule has 24 heavy (non-hydrogen) atoms. The van der Waals surface area contributed by atoms with E-state index in [4.69, 9.17) is 9.47 Å². The molecule has 132 valence electrons. The maximum Gasteiger partial charge on any atom is 0.410 e. The number of piperidine rings is 1. The minimum Gasteiger partial charge on any atom is -0.472 e. The lowest BCUT2D eigenvalue weighted by Gasteiger charge is -2.33. The Bertz CT molecular complexity index is 600. The molecule has 8 heteroatoms. The SMILES string of the molecule is CC(C)(C)OC(=O)N1CCCC(COc2ncccc2[N+](=O)[O-])C1. The molecule has 0 saturated carbocycles. The zero-order valence-electron chi connectivity index (χ0n) is 14.2. The van der Waals surface area contributed by atoms with Gasteiger partial charge in [0.15, 0.2) is 0 Å². The first-order valence-electron chi connectivity index (χ1n) is 7.96. The third kappa shape index (κ3) is 5.07. The van der Waals surface area contributed by atoms with E-state index in [0.717, 1.165) is 12.8 Å². The van der Waals surface area contributed by atoms with E-state index in [9.17, 15) is 14.9 Å². The Morgan fingerprint density at radius 1 is 1.50 bits per heavy atom. The topological polar surface area (TPSA) is 94.8 Å². The molecular formula is C16H23N3O5. The van der Waals surface area contributed by atoms with Crippen molar-refractivity contribution in [3.8, 4) is 5.88 Å². The Morgan fingerprint density at radius 3 is 2.92 bits per heavy atom. The monoisotopic (exact) mass is 337 g/mol.